The first-order valence-corrected chi connectivity index (χ1v) is 4.47. The first kappa shape index (κ1) is 12.0. The maximum absolute atomic E-state index is 13.4. The third-order valence-electron chi connectivity index (χ3n) is 2.03. The molecule has 3 nitrogen and oxygen atoms in total. The molecule has 0 saturated heterocycles. The number of halogens is 2. The lowest BCUT2D eigenvalue weighted by Crippen LogP contribution is -2.07. The third kappa shape index (κ3) is 2.95. The van der Waals surface area contributed by atoms with Gasteiger partial charge in [-0.3, -0.25) is 0 Å². The number of nitrogens with two attached hydrogens (primary N) is 1. The van der Waals surface area contributed by atoms with Crippen LogP contribution in [0.15, 0.2) is 12.1 Å². The second-order valence-corrected chi connectivity index (χ2v) is 3.07. The SMILES string of the molecule is COCc1ccc(CCON)c(F)c1F. The molecule has 0 aliphatic carbocycles. The standard InChI is InChI=1S/C10H13F2NO2/c1-14-6-8-3-2-7(4-5-15-13)9(11)10(8)12/h2-3H,4-6,13H2,1H3. The van der Waals surface area contributed by atoms with Gasteiger partial charge in [-0.25, -0.2) is 14.7 Å². The molecule has 1 rings (SSSR count). The average Bonchev–Trinajstić information content (AvgIpc) is 2.24. The van der Waals surface area contributed by atoms with Crippen molar-refractivity contribution in [3.63, 3.8) is 0 Å². The highest BCUT2D eigenvalue weighted by atomic mass is 19.2. The summed E-state index contributed by atoms with van der Waals surface area (Å²) in [5.74, 6) is 3.08. The van der Waals surface area contributed by atoms with Crippen LogP contribution in [-0.4, -0.2) is 13.7 Å². The van der Waals surface area contributed by atoms with Crippen LogP contribution in [0.3, 0.4) is 0 Å². The van der Waals surface area contributed by atoms with E-state index < -0.39 is 11.6 Å². The first-order chi connectivity index (χ1) is 7.20. The summed E-state index contributed by atoms with van der Waals surface area (Å²) in [4.78, 5) is 4.30. The Balaban J connectivity index is 2.88. The molecule has 5 heteroatoms. The molecule has 0 heterocycles. The Bertz CT molecular complexity index is 331. The van der Waals surface area contributed by atoms with Crippen LogP contribution < -0.4 is 5.90 Å². The van der Waals surface area contributed by atoms with Crippen molar-refractivity contribution in [3.05, 3.63) is 34.9 Å². The van der Waals surface area contributed by atoms with Crippen molar-refractivity contribution in [1.82, 2.24) is 0 Å². The van der Waals surface area contributed by atoms with Crippen molar-refractivity contribution in [3.8, 4) is 0 Å². The molecule has 0 unspecified atom stereocenters. The predicted molar refractivity (Wildman–Crippen MR) is 50.9 cm³/mol. The summed E-state index contributed by atoms with van der Waals surface area (Å²) in [5, 5.41) is 0. The largest absolute Gasteiger partial charge is 0.380 e. The Morgan fingerprint density at radius 3 is 2.40 bits per heavy atom. The fourth-order valence-electron chi connectivity index (χ4n) is 1.26. The van der Waals surface area contributed by atoms with Crippen LogP contribution in [0, 0.1) is 11.6 Å². The summed E-state index contributed by atoms with van der Waals surface area (Å²) in [6.45, 7) is 0.205. The van der Waals surface area contributed by atoms with Crippen LogP contribution in [-0.2, 0) is 22.6 Å². The van der Waals surface area contributed by atoms with Crippen molar-refractivity contribution in [2.75, 3.05) is 13.7 Å². The quantitative estimate of drug-likeness (QED) is 0.761. The molecular weight excluding hydrogens is 204 g/mol. The van der Waals surface area contributed by atoms with Crippen LogP contribution in [0.5, 0.6) is 0 Å². The van der Waals surface area contributed by atoms with Gasteiger partial charge in [-0.2, -0.15) is 0 Å². The minimum Gasteiger partial charge on any atom is -0.380 e. The van der Waals surface area contributed by atoms with Crippen molar-refractivity contribution >= 4 is 0 Å². The molecule has 0 saturated carbocycles. The minimum absolute atomic E-state index is 0.0520. The molecule has 0 fully saturated rings. The summed E-state index contributed by atoms with van der Waals surface area (Å²) in [5.41, 5.74) is 0.449. The van der Waals surface area contributed by atoms with Crippen molar-refractivity contribution < 1.29 is 18.4 Å². The van der Waals surface area contributed by atoms with Gasteiger partial charge < -0.3 is 9.57 Å². The zero-order valence-corrected chi connectivity index (χ0v) is 8.43. The van der Waals surface area contributed by atoms with Crippen LogP contribution in [0.25, 0.3) is 0 Å². The van der Waals surface area contributed by atoms with E-state index >= 15 is 0 Å². The number of hydrogen-bond donors (Lipinski definition) is 1. The number of ether oxygens (including phenoxy) is 1. The summed E-state index contributed by atoms with van der Waals surface area (Å²) < 4.78 is 31.5. The van der Waals surface area contributed by atoms with E-state index in [9.17, 15) is 8.78 Å². The molecule has 0 aliphatic rings. The van der Waals surface area contributed by atoms with E-state index in [0.29, 0.717) is 0 Å². The molecule has 0 aromatic heterocycles. The molecular formula is C10H13F2NO2. The van der Waals surface area contributed by atoms with Gasteiger partial charge in [0.1, 0.15) is 0 Å². The third-order valence-corrected chi connectivity index (χ3v) is 2.03. The van der Waals surface area contributed by atoms with Gasteiger partial charge in [-0.15, -0.1) is 0 Å². The highest BCUT2D eigenvalue weighted by Crippen LogP contribution is 2.17. The molecule has 2 N–H and O–H groups in total. The summed E-state index contributed by atoms with van der Waals surface area (Å²) in [6.07, 6.45) is 0.243. The van der Waals surface area contributed by atoms with E-state index in [1.807, 2.05) is 0 Å². The molecule has 1 aromatic carbocycles. The number of hydrogen-bond acceptors (Lipinski definition) is 3. The fraction of sp³-hybridized carbons (Fsp3) is 0.400. The van der Waals surface area contributed by atoms with E-state index in [0.717, 1.165) is 0 Å². The van der Waals surface area contributed by atoms with Crippen molar-refractivity contribution in [1.29, 1.82) is 0 Å². The number of rotatable bonds is 5. The molecule has 1 aromatic rings. The van der Waals surface area contributed by atoms with Gasteiger partial charge in [-0.05, 0) is 5.56 Å². The van der Waals surface area contributed by atoms with Crippen LogP contribution >= 0.6 is 0 Å². The highest BCUT2D eigenvalue weighted by molar-refractivity contribution is 5.26. The summed E-state index contributed by atoms with van der Waals surface area (Å²) in [6, 6.07) is 3.00. The second kappa shape index (κ2) is 5.75. The Labute approximate surface area is 86.7 Å². The Kier molecular flexibility index (Phi) is 4.61. The van der Waals surface area contributed by atoms with Gasteiger partial charge in [0, 0.05) is 19.1 Å². The zero-order valence-electron chi connectivity index (χ0n) is 8.43. The number of benzene rings is 1. The van der Waals surface area contributed by atoms with Gasteiger partial charge in [0.05, 0.1) is 13.2 Å². The lowest BCUT2D eigenvalue weighted by molar-refractivity contribution is 0.140. The lowest BCUT2D eigenvalue weighted by Gasteiger charge is -2.07. The summed E-state index contributed by atoms with van der Waals surface area (Å²) >= 11 is 0. The topological polar surface area (TPSA) is 44.5 Å². The minimum atomic E-state index is -0.869. The lowest BCUT2D eigenvalue weighted by atomic mass is 10.1. The van der Waals surface area contributed by atoms with Gasteiger partial charge in [0.25, 0.3) is 0 Å². The Morgan fingerprint density at radius 2 is 1.80 bits per heavy atom. The molecule has 0 spiro atoms. The van der Waals surface area contributed by atoms with E-state index in [2.05, 4.69) is 4.84 Å². The Hall–Kier alpha value is -1.04. The van der Waals surface area contributed by atoms with Gasteiger partial charge >= 0.3 is 0 Å². The monoisotopic (exact) mass is 217 g/mol. The fourth-order valence-corrected chi connectivity index (χ4v) is 1.26. The van der Waals surface area contributed by atoms with E-state index in [1.165, 1.54) is 19.2 Å². The highest BCUT2D eigenvalue weighted by Gasteiger charge is 2.12. The molecule has 0 aliphatic heterocycles. The number of methoxy groups -OCH3 is 1. The smallest absolute Gasteiger partial charge is 0.164 e. The average molecular weight is 217 g/mol. The molecule has 0 atom stereocenters. The molecule has 15 heavy (non-hydrogen) atoms. The van der Waals surface area contributed by atoms with Gasteiger partial charge in [-0.1, -0.05) is 12.1 Å². The molecule has 0 radical (unpaired) electrons. The molecule has 0 amide bonds. The molecule has 84 valence electrons. The predicted octanol–water partition coefficient (Wildman–Crippen LogP) is 1.54. The van der Waals surface area contributed by atoms with E-state index in [-0.39, 0.29) is 30.8 Å². The first-order valence-electron chi connectivity index (χ1n) is 4.47. The van der Waals surface area contributed by atoms with Crippen molar-refractivity contribution in [2.45, 2.75) is 13.0 Å². The van der Waals surface area contributed by atoms with Gasteiger partial charge in [0.2, 0.25) is 0 Å². The van der Waals surface area contributed by atoms with Crippen LogP contribution in [0.4, 0.5) is 8.78 Å². The van der Waals surface area contributed by atoms with E-state index in [4.69, 9.17) is 10.6 Å². The normalized spacial score (nSPS) is 10.7. The Morgan fingerprint density at radius 1 is 1.20 bits per heavy atom. The second-order valence-electron chi connectivity index (χ2n) is 3.07. The van der Waals surface area contributed by atoms with Crippen molar-refractivity contribution in [2.24, 2.45) is 5.90 Å². The zero-order chi connectivity index (χ0) is 11.3. The maximum Gasteiger partial charge on any atom is 0.164 e. The molecule has 0 bridgehead atoms. The van der Waals surface area contributed by atoms with Gasteiger partial charge in [0.15, 0.2) is 11.6 Å². The summed E-state index contributed by atoms with van der Waals surface area (Å²) in [7, 11) is 1.42. The van der Waals surface area contributed by atoms with Crippen LogP contribution in [0.2, 0.25) is 0 Å². The van der Waals surface area contributed by atoms with Crippen LogP contribution in [0.1, 0.15) is 11.1 Å². The van der Waals surface area contributed by atoms with E-state index in [1.54, 1.807) is 0 Å². The maximum atomic E-state index is 13.4.